The minimum absolute atomic E-state index is 0.130. The van der Waals surface area contributed by atoms with Gasteiger partial charge in [0.1, 0.15) is 0 Å². The van der Waals surface area contributed by atoms with E-state index < -0.39 is 0 Å². The molecule has 0 aromatic carbocycles. The van der Waals surface area contributed by atoms with Crippen molar-refractivity contribution in [3.8, 4) is 0 Å². The van der Waals surface area contributed by atoms with Gasteiger partial charge in [-0.3, -0.25) is 4.79 Å². The van der Waals surface area contributed by atoms with Gasteiger partial charge in [-0.05, 0) is 32.9 Å². The van der Waals surface area contributed by atoms with Crippen molar-refractivity contribution >= 4 is 5.91 Å². The number of carbonyl (C=O) groups is 1. The molecule has 2 N–H and O–H groups in total. The zero-order valence-electron chi connectivity index (χ0n) is 11.6. The largest absolute Gasteiger partial charge is 0.340 e. The standard InChI is InChI=1S/C13H27N3O/c1-5-10(2)12(14)13(17)16-8-6-7-11(9-16)15(3)4/h10-12H,5-9,14H2,1-4H3. The van der Waals surface area contributed by atoms with Crippen molar-refractivity contribution < 1.29 is 4.79 Å². The van der Waals surface area contributed by atoms with E-state index in [4.69, 9.17) is 5.73 Å². The SMILES string of the molecule is CCC(C)C(N)C(=O)N1CCCC(N(C)C)C1. The Labute approximate surface area is 105 Å². The van der Waals surface area contributed by atoms with Crippen LogP contribution in [0.25, 0.3) is 0 Å². The van der Waals surface area contributed by atoms with Gasteiger partial charge in [0.15, 0.2) is 0 Å². The molecule has 1 rings (SSSR count). The Bertz CT molecular complexity index is 255. The number of piperidine rings is 1. The van der Waals surface area contributed by atoms with E-state index in [1.807, 2.05) is 4.90 Å². The number of amides is 1. The van der Waals surface area contributed by atoms with Gasteiger partial charge in [0.05, 0.1) is 6.04 Å². The zero-order valence-corrected chi connectivity index (χ0v) is 11.6. The molecular formula is C13H27N3O. The number of hydrogen-bond acceptors (Lipinski definition) is 3. The molecule has 1 aliphatic heterocycles. The first-order valence-electron chi connectivity index (χ1n) is 6.68. The van der Waals surface area contributed by atoms with Gasteiger partial charge in [-0.15, -0.1) is 0 Å². The van der Waals surface area contributed by atoms with E-state index >= 15 is 0 Å². The molecule has 3 unspecified atom stereocenters. The number of likely N-dealkylation sites (N-methyl/N-ethyl adjacent to an activating group) is 1. The van der Waals surface area contributed by atoms with E-state index in [-0.39, 0.29) is 17.9 Å². The van der Waals surface area contributed by atoms with Crippen LogP contribution in [-0.2, 0) is 4.79 Å². The first kappa shape index (κ1) is 14.5. The van der Waals surface area contributed by atoms with Gasteiger partial charge in [-0.1, -0.05) is 20.3 Å². The Morgan fingerprint density at radius 3 is 2.71 bits per heavy atom. The van der Waals surface area contributed by atoms with Crippen LogP contribution in [0.5, 0.6) is 0 Å². The predicted molar refractivity (Wildman–Crippen MR) is 70.7 cm³/mol. The summed E-state index contributed by atoms with van der Waals surface area (Å²) in [5.74, 6) is 0.396. The summed E-state index contributed by atoms with van der Waals surface area (Å²) in [7, 11) is 4.15. The molecule has 4 nitrogen and oxygen atoms in total. The van der Waals surface area contributed by atoms with E-state index in [1.54, 1.807) is 0 Å². The maximum absolute atomic E-state index is 12.2. The molecule has 0 saturated carbocycles. The van der Waals surface area contributed by atoms with Crippen LogP contribution in [0.3, 0.4) is 0 Å². The molecule has 0 radical (unpaired) electrons. The van der Waals surface area contributed by atoms with Crippen LogP contribution in [0.4, 0.5) is 0 Å². The van der Waals surface area contributed by atoms with Gasteiger partial charge >= 0.3 is 0 Å². The summed E-state index contributed by atoms with van der Waals surface area (Å²) in [6.07, 6.45) is 3.22. The molecule has 0 aromatic heterocycles. The number of nitrogens with zero attached hydrogens (tertiary/aromatic N) is 2. The van der Waals surface area contributed by atoms with Crippen molar-refractivity contribution in [2.45, 2.75) is 45.2 Å². The molecule has 1 heterocycles. The summed E-state index contributed by atoms with van der Waals surface area (Å²) in [6, 6.07) is 0.151. The molecule has 0 bridgehead atoms. The number of nitrogens with two attached hydrogens (primary N) is 1. The van der Waals surface area contributed by atoms with Crippen LogP contribution in [0, 0.1) is 5.92 Å². The van der Waals surface area contributed by atoms with E-state index in [2.05, 4.69) is 32.8 Å². The fourth-order valence-electron chi connectivity index (χ4n) is 2.28. The number of likely N-dealkylation sites (tertiary alicyclic amines) is 1. The molecule has 0 aromatic rings. The molecule has 1 amide bonds. The van der Waals surface area contributed by atoms with Crippen LogP contribution in [-0.4, -0.2) is 55.0 Å². The molecule has 17 heavy (non-hydrogen) atoms. The lowest BCUT2D eigenvalue weighted by atomic mass is 9.97. The van der Waals surface area contributed by atoms with Crippen LogP contribution in [0.15, 0.2) is 0 Å². The molecule has 0 spiro atoms. The first-order chi connectivity index (χ1) is 7.97. The summed E-state index contributed by atoms with van der Waals surface area (Å²) in [6.45, 7) is 5.83. The van der Waals surface area contributed by atoms with Gasteiger partial charge in [-0.25, -0.2) is 0 Å². The van der Waals surface area contributed by atoms with Gasteiger partial charge in [0.2, 0.25) is 5.91 Å². The highest BCUT2D eigenvalue weighted by molar-refractivity contribution is 5.82. The average Bonchev–Trinajstić information content (AvgIpc) is 2.36. The lowest BCUT2D eigenvalue weighted by Crippen LogP contribution is -2.53. The average molecular weight is 241 g/mol. The van der Waals surface area contributed by atoms with Crippen molar-refractivity contribution in [2.24, 2.45) is 11.7 Å². The molecule has 0 aliphatic carbocycles. The molecule has 1 aliphatic rings. The minimum Gasteiger partial charge on any atom is -0.340 e. The highest BCUT2D eigenvalue weighted by Crippen LogP contribution is 2.16. The maximum atomic E-state index is 12.2. The summed E-state index contributed by atoms with van der Waals surface area (Å²) in [4.78, 5) is 16.4. The Kier molecular flexibility index (Phi) is 5.40. The molecule has 1 fully saturated rings. The summed E-state index contributed by atoms with van der Waals surface area (Å²) in [5, 5.41) is 0. The fourth-order valence-corrected chi connectivity index (χ4v) is 2.28. The first-order valence-corrected chi connectivity index (χ1v) is 6.68. The molecule has 3 atom stereocenters. The van der Waals surface area contributed by atoms with Crippen LogP contribution in [0.1, 0.15) is 33.1 Å². The third kappa shape index (κ3) is 3.68. The number of rotatable bonds is 4. The second kappa shape index (κ2) is 6.36. The Morgan fingerprint density at radius 1 is 1.53 bits per heavy atom. The Hall–Kier alpha value is -0.610. The van der Waals surface area contributed by atoms with E-state index in [1.165, 1.54) is 6.42 Å². The highest BCUT2D eigenvalue weighted by Gasteiger charge is 2.29. The van der Waals surface area contributed by atoms with Crippen molar-refractivity contribution in [1.82, 2.24) is 9.80 Å². The predicted octanol–water partition coefficient (Wildman–Crippen LogP) is 0.912. The van der Waals surface area contributed by atoms with E-state index in [0.717, 1.165) is 25.9 Å². The highest BCUT2D eigenvalue weighted by atomic mass is 16.2. The zero-order chi connectivity index (χ0) is 13.0. The summed E-state index contributed by atoms with van der Waals surface area (Å²) >= 11 is 0. The van der Waals surface area contributed by atoms with Crippen LogP contribution < -0.4 is 5.73 Å². The fraction of sp³-hybridized carbons (Fsp3) is 0.923. The van der Waals surface area contributed by atoms with Crippen LogP contribution in [0.2, 0.25) is 0 Å². The maximum Gasteiger partial charge on any atom is 0.239 e. The summed E-state index contributed by atoms with van der Waals surface area (Å²) < 4.78 is 0. The lowest BCUT2D eigenvalue weighted by molar-refractivity contribution is -0.135. The van der Waals surface area contributed by atoms with Gasteiger partial charge in [0, 0.05) is 19.1 Å². The van der Waals surface area contributed by atoms with Crippen molar-refractivity contribution in [3.63, 3.8) is 0 Å². The topological polar surface area (TPSA) is 49.6 Å². The molecule has 100 valence electrons. The van der Waals surface area contributed by atoms with Gasteiger partial charge in [0.25, 0.3) is 0 Å². The quantitative estimate of drug-likeness (QED) is 0.796. The minimum atomic E-state index is -0.332. The molecular weight excluding hydrogens is 214 g/mol. The smallest absolute Gasteiger partial charge is 0.239 e. The number of carbonyl (C=O) groups excluding carboxylic acids is 1. The van der Waals surface area contributed by atoms with Gasteiger partial charge in [-0.2, -0.15) is 0 Å². The molecule has 1 saturated heterocycles. The van der Waals surface area contributed by atoms with Crippen molar-refractivity contribution in [3.05, 3.63) is 0 Å². The summed E-state index contributed by atoms with van der Waals surface area (Å²) in [5.41, 5.74) is 6.02. The second-order valence-corrected chi connectivity index (χ2v) is 5.46. The Balaban J connectivity index is 2.57. The van der Waals surface area contributed by atoms with Gasteiger partial charge < -0.3 is 15.5 Å². The van der Waals surface area contributed by atoms with Crippen LogP contribution >= 0.6 is 0 Å². The van der Waals surface area contributed by atoms with E-state index in [9.17, 15) is 4.79 Å². The second-order valence-electron chi connectivity index (χ2n) is 5.46. The van der Waals surface area contributed by atoms with Crippen molar-refractivity contribution in [1.29, 1.82) is 0 Å². The third-order valence-corrected chi connectivity index (χ3v) is 3.98. The van der Waals surface area contributed by atoms with Crippen molar-refractivity contribution in [2.75, 3.05) is 27.2 Å². The monoisotopic (exact) mass is 241 g/mol. The normalized spacial score (nSPS) is 24.8. The third-order valence-electron chi connectivity index (χ3n) is 3.98. The lowest BCUT2D eigenvalue weighted by Gasteiger charge is -2.37. The Morgan fingerprint density at radius 2 is 2.18 bits per heavy atom. The number of hydrogen-bond donors (Lipinski definition) is 1. The van der Waals surface area contributed by atoms with E-state index in [0.29, 0.717) is 6.04 Å². The molecule has 4 heteroatoms.